The monoisotopic (exact) mass is 278 g/mol. The van der Waals surface area contributed by atoms with Crippen molar-refractivity contribution in [2.24, 2.45) is 5.73 Å². The van der Waals surface area contributed by atoms with Gasteiger partial charge in [-0.05, 0) is 38.5 Å². The van der Waals surface area contributed by atoms with E-state index in [9.17, 15) is 9.90 Å². The Morgan fingerprint density at radius 3 is 2.85 bits per heavy atom. The van der Waals surface area contributed by atoms with Gasteiger partial charge in [0.2, 0.25) is 0 Å². The third-order valence-electron chi connectivity index (χ3n) is 3.42. The molecule has 0 saturated carbocycles. The Hall–Kier alpha value is -1.59. The second-order valence-electron chi connectivity index (χ2n) is 5.94. The summed E-state index contributed by atoms with van der Waals surface area (Å²) in [7, 11) is 0. The van der Waals surface area contributed by atoms with Crippen molar-refractivity contribution in [3.05, 3.63) is 29.3 Å². The highest BCUT2D eigenvalue weighted by molar-refractivity contribution is 5.97. The fraction of sp³-hybridized carbons (Fsp3) is 0.533. The Kier molecular flexibility index (Phi) is 4.01. The Bertz CT molecular complexity index is 514. The highest BCUT2D eigenvalue weighted by Crippen LogP contribution is 2.25. The van der Waals surface area contributed by atoms with Crippen LogP contribution in [-0.4, -0.2) is 47.3 Å². The lowest BCUT2D eigenvalue weighted by Crippen LogP contribution is -2.56. The summed E-state index contributed by atoms with van der Waals surface area (Å²) in [5, 5.41) is 9.94. The first-order chi connectivity index (χ1) is 9.32. The number of aromatic hydroxyl groups is 1. The fourth-order valence-electron chi connectivity index (χ4n) is 2.57. The Balaban J connectivity index is 2.23. The summed E-state index contributed by atoms with van der Waals surface area (Å²) in [5.41, 5.74) is 6.47. The fourth-order valence-corrected chi connectivity index (χ4v) is 2.57. The van der Waals surface area contributed by atoms with E-state index < -0.39 is 5.60 Å². The number of carbonyl (C=O) groups excluding carboxylic acids is 1. The average Bonchev–Trinajstić information content (AvgIpc) is 2.36. The van der Waals surface area contributed by atoms with Crippen molar-refractivity contribution in [1.29, 1.82) is 0 Å². The van der Waals surface area contributed by atoms with Crippen LogP contribution in [0, 0.1) is 6.92 Å². The summed E-state index contributed by atoms with van der Waals surface area (Å²) >= 11 is 0. The Morgan fingerprint density at radius 2 is 2.25 bits per heavy atom. The van der Waals surface area contributed by atoms with Crippen molar-refractivity contribution in [2.45, 2.75) is 32.5 Å². The third-order valence-corrected chi connectivity index (χ3v) is 3.42. The molecule has 0 aliphatic carbocycles. The number of carbonyl (C=O) groups is 1. The van der Waals surface area contributed by atoms with Crippen LogP contribution < -0.4 is 5.73 Å². The van der Waals surface area contributed by atoms with E-state index in [1.165, 1.54) is 0 Å². The molecule has 1 heterocycles. The number of amides is 1. The summed E-state index contributed by atoms with van der Waals surface area (Å²) in [6, 6.07) is 5.07. The summed E-state index contributed by atoms with van der Waals surface area (Å²) in [5.74, 6) is -0.166. The van der Waals surface area contributed by atoms with Crippen LogP contribution in [0.5, 0.6) is 5.75 Å². The van der Waals surface area contributed by atoms with Crippen LogP contribution in [0.15, 0.2) is 18.2 Å². The molecule has 5 heteroatoms. The maximum Gasteiger partial charge on any atom is 0.257 e. The van der Waals surface area contributed by atoms with E-state index >= 15 is 0 Å². The molecule has 0 radical (unpaired) electrons. The van der Waals surface area contributed by atoms with Gasteiger partial charge in [-0.15, -0.1) is 0 Å². The van der Waals surface area contributed by atoms with Crippen molar-refractivity contribution in [1.82, 2.24) is 4.90 Å². The number of ether oxygens (including phenoxy) is 1. The lowest BCUT2D eigenvalue weighted by atomic mass is 10.0. The summed E-state index contributed by atoms with van der Waals surface area (Å²) in [6.07, 6.45) is -0.171. The topological polar surface area (TPSA) is 75.8 Å². The molecule has 0 spiro atoms. The molecule has 0 aromatic heterocycles. The van der Waals surface area contributed by atoms with Gasteiger partial charge in [0, 0.05) is 19.6 Å². The smallest absolute Gasteiger partial charge is 0.257 e. The predicted molar refractivity (Wildman–Crippen MR) is 76.8 cm³/mol. The van der Waals surface area contributed by atoms with Crippen molar-refractivity contribution >= 4 is 5.91 Å². The molecular weight excluding hydrogens is 256 g/mol. The average molecular weight is 278 g/mol. The standard InChI is InChI=1S/C15H22N2O3/c1-10-4-5-12(13(18)6-10)14(19)17-8-11(7-16)20-15(2,3)9-17/h4-6,11,18H,7-9,16H2,1-3H3. The quantitative estimate of drug-likeness (QED) is 0.854. The second kappa shape index (κ2) is 5.42. The highest BCUT2D eigenvalue weighted by atomic mass is 16.5. The predicted octanol–water partition coefficient (Wildman–Crippen LogP) is 1.28. The molecule has 1 aromatic carbocycles. The number of morpholine rings is 1. The molecular formula is C15H22N2O3. The van der Waals surface area contributed by atoms with E-state index in [-0.39, 0.29) is 17.8 Å². The SMILES string of the molecule is Cc1ccc(C(=O)N2CC(CN)OC(C)(C)C2)c(O)c1. The first kappa shape index (κ1) is 14.8. The van der Waals surface area contributed by atoms with Crippen molar-refractivity contribution in [3.8, 4) is 5.75 Å². The van der Waals surface area contributed by atoms with E-state index in [4.69, 9.17) is 10.5 Å². The van der Waals surface area contributed by atoms with Crippen LogP contribution in [0.1, 0.15) is 29.8 Å². The van der Waals surface area contributed by atoms with Gasteiger partial charge >= 0.3 is 0 Å². The van der Waals surface area contributed by atoms with Gasteiger partial charge < -0.3 is 20.5 Å². The van der Waals surface area contributed by atoms with Gasteiger partial charge in [-0.3, -0.25) is 4.79 Å². The first-order valence-corrected chi connectivity index (χ1v) is 6.79. The molecule has 3 N–H and O–H groups in total. The lowest BCUT2D eigenvalue weighted by Gasteiger charge is -2.42. The van der Waals surface area contributed by atoms with Crippen LogP contribution >= 0.6 is 0 Å². The largest absolute Gasteiger partial charge is 0.507 e. The van der Waals surface area contributed by atoms with Gasteiger partial charge in [0.25, 0.3) is 5.91 Å². The summed E-state index contributed by atoms with van der Waals surface area (Å²) in [4.78, 5) is 14.3. The lowest BCUT2D eigenvalue weighted by molar-refractivity contribution is -0.122. The van der Waals surface area contributed by atoms with Gasteiger partial charge in [0.1, 0.15) is 5.75 Å². The number of rotatable bonds is 2. The van der Waals surface area contributed by atoms with E-state index in [0.29, 0.717) is 25.2 Å². The van der Waals surface area contributed by atoms with Gasteiger partial charge in [0.15, 0.2) is 0 Å². The zero-order valence-electron chi connectivity index (χ0n) is 12.2. The molecule has 20 heavy (non-hydrogen) atoms. The van der Waals surface area contributed by atoms with Crippen molar-refractivity contribution in [3.63, 3.8) is 0 Å². The van der Waals surface area contributed by atoms with E-state index in [1.807, 2.05) is 26.8 Å². The van der Waals surface area contributed by atoms with Crippen molar-refractivity contribution in [2.75, 3.05) is 19.6 Å². The number of hydrogen-bond donors (Lipinski definition) is 2. The van der Waals surface area contributed by atoms with Crippen molar-refractivity contribution < 1.29 is 14.6 Å². The van der Waals surface area contributed by atoms with Crippen LogP contribution in [0.3, 0.4) is 0 Å². The minimum atomic E-state index is -0.432. The van der Waals surface area contributed by atoms with Crippen LogP contribution in [0.2, 0.25) is 0 Å². The molecule has 1 aromatic rings. The van der Waals surface area contributed by atoms with Gasteiger partial charge in [-0.2, -0.15) is 0 Å². The van der Waals surface area contributed by atoms with Gasteiger partial charge in [0.05, 0.1) is 17.3 Å². The molecule has 1 saturated heterocycles. The number of hydrogen-bond acceptors (Lipinski definition) is 4. The molecule has 5 nitrogen and oxygen atoms in total. The van der Waals surface area contributed by atoms with Gasteiger partial charge in [-0.25, -0.2) is 0 Å². The Morgan fingerprint density at radius 1 is 1.55 bits per heavy atom. The normalized spacial score (nSPS) is 21.8. The minimum absolute atomic E-state index is 0.0172. The molecule has 1 aliphatic heterocycles. The molecule has 1 amide bonds. The second-order valence-corrected chi connectivity index (χ2v) is 5.94. The number of benzene rings is 1. The molecule has 1 aliphatic rings. The zero-order valence-corrected chi connectivity index (χ0v) is 12.2. The third kappa shape index (κ3) is 3.11. The molecule has 110 valence electrons. The van der Waals surface area contributed by atoms with E-state index in [1.54, 1.807) is 17.0 Å². The maximum absolute atomic E-state index is 12.6. The molecule has 1 unspecified atom stereocenters. The highest BCUT2D eigenvalue weighted by Gasteiger charge is 2.35. The van der Waals surface area contributed by atoms with E-state index in [0.717, 1.165) is 5.56 Å². The van der Waals surface area contributed by atoms with Gasteiger partial charge in [-0.1, -0.05) is 6.07 Å². The number of phenols is 1. The molecule has 1 atom stereocenters. The van der Waals surface area contributed by atoms with Crippen LogP contribution in [0.4, 0.5) is 0 Å². The summed E-state index contributed by atoms with van der Waals surface area (Å²) < 4.78 is 5.81. The zero-order chi connectivity index (χ0) is 14.9. The first-order valence-electron chi connectivity index (χ1n) is 6.79. The minimum Gasteiger partial charge on any atom is -0.507 e. The number of nitrogens with two attached hydrogens (primary N) is 1. The van der Waals surface area contributed by atoms with Crippen LogP contribution in [0.25, 0.3) is 0 Å². The number of nitrogens with zero attached hydrogens (tertiary/aromatic N) is 1. The molecule has 0 bridgehead atoms. The molecule has 2 rings (SSSR count). The number of phenolic OH excluding ortho intramolecular Hbond substituents is 1. The maximum atomic E-state index is 12.6. The number of aryl methyl sites for hydroxylation is 1. The van der Waals surface area contributed by atoms with E-state index in [2.05, 4.69) is 0 Å². The summed E-state index contributed by atoms with van der Waals surface area (Å²) in [6.45, 7) is 7.04. The Labute approximate surface area is 119 Å². The van der Waals surface area contributed by atoms with Crippen LogP contribution in [-0.2, 0) is 4.74 Å². The molecule has 1 fully saturated rings.